The largest absolute Gasteiger partial charge is 0.438 e. The maximum atomic E-state index is 12.4. The highest BCUT2D eigenvalue weighted by Crippen LogP contribution is 2.23. The van der Waals surface area contributed by atoms with Crippen LogP contribution in [0.25, 0.3) is 0 Å². The van der Waals surface area contributed by atoms with Crippen LogP contribution in [0.4, 0.5) is 5.69 Å². The van der Waals surface area contributed by atoms with Gasteiger partial charge in [0, 0.05) is 18.8 Å². The van der Waals surface area contributed by atoms with Crippen molar-refractivity contribution >= 4 is 21.6 Å². The molecule has 2 aromatic rings. The van der Waals surface area contributed by atoms with Gasteiger partial charge in [-0.2, -0.15) is 4.31 Å². The van der Waals surface area contributed by atoms with Crippen molar-refractivity contribution in [3.63, 3.8) is 0 Å². The van der Waals surface area contributed by atoms with E-state index in [4.69, 9.17) is 4.42 Å². The summed E-state index contributed by atoms with van der Waals surface area (Å²) in [4.78, 5) is 12.2. The molecular weight excluding hydrogens is 316 g/mol. The van der Waals surface area contributed by atoms with E-state index in [-0.39, 0.29) is 10.9 Å². The Bertz CT molecular complexity index is 820. The van der Waals surface area contributed by atoms with E-state index < -0.39 is 15.9 Å². The molecular formula is C16H18N2O4S. The molecule has 1 aromatic carbocycles. The van der Waals surface area contributed by atoms with Gasteiger partial charge in [0.15, 0.2) is 5.76 Å². The van der Waals surface area contributed by atoms with Gasteiger partial charge in [0.05, 0.1) is 0 Å². The van der Waals surface area contributed by atoms with Crippen LogP contribution in [0.1, 0.15) is 29.0 Å². The Morgan fingerprint density at radius 1 is 1.17 bits per heavy atom. The third-order valence-electron chi connectivity index (χ3n) is 3.74. The quantitative estimate of drug-likeness (QED) is 0.932. The number of rotatable bonds is 4. The molecule has 3 rings (SSSR count). The number of aryl methyl sites for hydroxylation is 1. The molecule has 122 valence electrons. The molecule has 2 heterocycles. The summed E-state index contributed by atoms with van der Waals surface area (Å²) in [5.74, 6) is -0.497. The standard InChI is InChI=1S/C16H18N2O4S/c1-12-5-4-6-13(11-12)17-16(19)14-7-8-15(22-14)23(20,21)18-9-2-3-10-18/h4-8,11H,2-3,9-10H2,1H3,(H,17,19). The van der Waals surface area contributed by atoms with Crippen LogP contribution in [0, 0.1) is 6.92 Å². The van der Waals surface area contributed by atoms with Crippen molar-refractivity contribution in [3.05, 3.63) is 47.7 Å². The zero-order valence-electron chi connectivity index (χ0n) is 12.8. The van der Waals surface area contributed by atoms with Gasteiger partial charge in [-0.3, -0.25) is 4.79 Å². The molecule has 1 saturated heterocycles. The second-order valence-electron chi connectivity index (χ2n) is 5.55. The van der Waals surface area contributed by atoms with Crippen molar-refractivity contribution in [2.24, 2.45) is 0 Å². The van der Waals surface area contributed by atoms with Crippen LogP contribution < -0.4 is 5.32 Å². The molecule has 1 aliphatic rings. The van der Waals surface area contributed by atoms with Gasteiger partial charge in [-0.15, -0.1) is 0 Å². The first-order chi connectivity index (χ1) is 11.0. The fourth-order valence-corrected chi connectivity index (χ4v) is 3.98. The lowest BCUT2D eigenvalue weighted by molar-refractivity contribution is 0.0991. The highest BCUT2D eigenvalue weighted by atomic mass is 32.2. The minimum atomic E-state index is -3.64. The van der Waals surface area contributed by atoms with Crippen molar-refractivity contribution in [2.45, 2.75) is 24.9 Å². The average Bonchev–Trinajstić information content (AvgIpc) is 3.19. The van der Waals surface area contributed by atoms with Crippen molar-refractivity contribution < 1.29 is 17.6 Å². The minimum absolute atomic E-state index is 0.0238. The molecule has 0 bridgehead atoms. The van der Waals surface area contributed by atoms with Gasteiger partial charge >= 0.3 is 0 Å². The maximum Gasteiger partial charge on any atom is 0.291 e. The minimum Gasteiger partial charge on any atom is -0.438 e. The van der Waals surface area contributed by atoms with Crippen LogP contribution in [-0.4, -0.2) is 31.7 Å². The van der Waals surface area contributed by atoms with Gasteiger partial charge in [-0.05, 0) is 49.6 Å². The van der Waals surface area contributed by atoms with Crippen LogP contribution in [0.15, 0.2) is 45.9 Å². The summed E-state index contributed by atoms with van der Waals surface area (Å²) in [6, 6.07) is 10.0. The number of anilines is 1. The second-order valence-corrected chi connectivity index (χ2v) is 7.42. The second kappa shape index (κ2) is 6.17. The van der Waals surface area contributed by atoms with E-state index in [0.717, 1.165) is 18.4 Å². The first-order valence-electron chi connectivity index (χ1n) is 7.45. The number of nitrogens with zero attached hydrogens (tertiary/aromatic N) is 1. The normalized spacial score (nSPS) is 15.7. The van der Waals surface area contributed by atoms with Crippen molar-refractivity contribution in [2.75, 3.05) is 18.4 Å². The molecule has 0 radical (unpaired) electrons. The number of amides is 1. The third-order valence-corrected chi connectivity index (χ3v) is 5.51. The number of carbonyl (C=O) groups excluding carboxylic acids is 1. The molecule has 0 aliphatic carbocycles. The zero-order valence-corrected chi connectivity index (χ0v) is 13.6. The Morgan fingerprint density at radius 3 is 2.61 bits per heavy atom. The fraction of sp³-hybridized carbons (Fsp3) is 0.312. The van der Waals surface area contributed by atoms with Gasteiger partial charge < -0.3 is 9.73 Å². The highest BCUT2D eigenvalue weighted by molar-refractivity contribution is 7.89. The van der Waals surface area contributed by atoms with Gasteiger partial charge in [0.1, 0.15) is 0 Å². The van der Waals surface area contributed by atoms with Crippen LogP contribution >= 0.6 is 0 Å². The molecule has 7 heteroatoms. The smallest absolute Gasteiger partial charge is 0.291 e. The topological polar surface area (TPSA) is 79.6 Å². The van der Waals surface area contributed by atoms with Crippen LogP contribution in [0.3, 0.4) is 0 Å². The van der Waals surface area contributed by atoms with Crippen LogP contribution in [0.2, 0.25) is 0 Å². The summed E-state index contributed by atoms with van der Waals surface area (Å²) < 4.78 is 31.4. The molecule has 1 amide bonds. The molecule has 6 nitrogen and oxygen atoms in total. The molecule has 0 unspecified atom stereocenters. The molecule has 0 spiro atoms. The lowest BCUT2D eigenvalue weighted by Crippen LogP contribution is -2.27. The molecule has 23 heavy (non-hydrogen) atoms. The molecule has 1 aromatic heterocycles. The van der Waals surface area contributed by atoms with E-state index in [0.29, 0.717) is 18.8 Å². The lowest BCUT2D eigenvalue weighted by Gasteiger charge is -2.12. The molecule has 1 fully saturated rings. The number of hydrogen-bond donors (Lipinski definition) is 1. The Hall–Kier alpha value is -2.12. The fourth-order valence-electron chi connectivity index (χ4n) is 2.55. The number of carbonyl (C=O) groups is 1. The van der Waals surface area contributed by atoms with Crippen molar-refractivity contribution in [3.8, 4) is 0 Å². The molecule has 0 atom stereocenters. The monoisotopic (exact) mass is 334 g/mol. The van der Waals surface area contributed by atoms with Gasteiger partial charge in [-0.25, -0.2) is 8.42 Å². The van der Waals surface area contributed by atoms with Gasteiger partial charge in [0.2, 0.25) is 5.09 Å². The SMILES string of the molecule is Cc1cccc(NC(=O)c2ccc(S(=O)(=O)N3CCCC3)o2)c1. The molecule has 0 saturated carbocycles. The highest BCUT2D eigenvalue weighted by Gasteiger charge is 2.30. The average molecular weight is 334 g/mol. The summed E-state index contributed by atoms with van der Waals surface area (Å²) in [6.07, 6.45) is 1.70. The zero-order chi connectivity index (χ0) is 16.4. The first-order valence-corrected chi connectivity index (χ1v) is 8.89. The van der Waals surface area contributed by atoms with E-state index >= 15 is 0 Å². The lowest BCUT2D eigenvalue weighted by atomic mass is 10.2. The third kappa shape index (κ3) is 3.30. The number of furan rings is 1. The van der Waals surface area contributed by atoms with E-state index in [9.17, 15) is 13.2 Å². The van der Waals surface area contributed by atoms with Crippen LogP contribution in [0.5, 0.6) is 0 Å². The Morgan fingerprint density at radius 2 is 1.91 bits per heavy atom. The molecule has 1 aliphatic heterocycles. The first kappa shape index (κ1) is 15.8. The van der Waals surface area contributed by atoms with E-state index in [1.165, 1.54) is 16.4 Å². The van der Waals surface area contributed by atoms with Gasteiger partial charge in [0.25, 0.3) is 15.9 Å². The summed E-state index contributed by atoms with van der Waals surface area (Å²) in [6.45, 7) is 2.91. The summed E-state index contributed by atoms with van der Waals surface area (Å²) in [5.41, 5.74) is 1.65. The summed E-state index contributed by atoms with van der Waals surface area (Å²) >= 11 is 0. The predicted octanol–water partition coefficient (Wildman–Crippen LogP) is 2.62. The van der Waals surface area contributed by atoms with Crippen molar-refractivity contribution in [1.82, 2.24) is 4.31 Å². The number of sulfonamides is 1. The Kier molecular flexibility index (Phi) is 4.23. The van der Waals surface area contributed by atoms with Gasteiger partial charge in [-0.1, -0.05) is 12.1 Å². The number of benzene rings is 1. The summed E-state index contributed by atoms with van der Waals surface area (Å²) in [7, 11) is -3.64. The Balaban J connectivity index is 1.77. The van der Waals surface area contributed by atoms with Crippen LogP contribution in [-0.2, 0) is 10.0 Å². The number of nitrogens with one attached hydrogen (secondary N) is 1. The van der Waals surface area contributed by atoms with E-state index in [1.807, 2.05) is 25.1 Å². The van der Waals surface area contributed by atoms with E-state index in [2.05, 4.69) is 5.32 Å². The molecule has 1 N–H and O–H groups in total. The maximum absolute atomic E-state index is 12.4. The summed E-state index contributed by atoms with van der Waals surface area (Å²) in [5, 5.41) is 2.51. The Labute approximate surface area is 135 Å². The van der Waals surface area contributed by atoms with Crippen molar-refractivity contribution in [1.29, 1.82) is 0 Å². The van der Waals surface area contributed by atoms with E-state index in [1.54, 1.807) is 6.07 Å². The number of hydrogen-bond acceptors (Lipinski definition) is 4. The predicted molar refractivity (Wildman–Crippen MR) is 85.8 cm³/mol.